The largest absolute Gasteiger partial charge is 0.381 e. The van der Waals surface area contributed by atoms with Gasteiger partial charge in [0.25, 0.3) is 5.91 Å². The summed E-state index contributed by atoms with van der Waals surface area (Å²) >= 11 is 0. The molecule has 0 aromatic rings. The fourth-order valence-corrected chi connectivity index (χ4v) is 6.74. The number of amides is 2. The molecule has 8 atom stereocenters. The number of hydrogen-bond acceptors (Lipinski definition) is 5. The van der Waals surface area contributed by atoms with Crippen molar-refractivity contribution in [2.24, 2.45) is 11.8 Å². The molecule has 33 heavy (non-hydrogen) atoms. The molecule has 2 saturated heterocycles. The topological polar surface area (TPSA) is 84.9 Å². The van der Waals surface area contributed by atoms with E-state index in [2.05, 4.69) is 22.5 Å². The molecule has 2 aliphatic heterocycles. The summed E-state index contributed by atoms with van der Waals surface area (Å²) in [5, 5.41) is 16.8. The van der Waals surface area contributed by atoms with Crippen molar-refractivity contribution in [3.63, 3.8) is 0 Å². The lowest BCUT2D eigenvalue weighted by Gasteiger charge is -2.37. The van der Waals surface area contributed by atoms with Crippen LogP contribution in [0.4, 0.5) is 4.39 Å². The van der Waals surface area contributed by atoms with Gasteiger partial charge in [0.05, 0.1) is 6.04 Å². The summed E-state index contributed by atoms with van der Waals surface area (Å²) in [6, 6.07) is 0.495. The fraction of sp³-hybridized carbons (Fsp3) is 0.920. The van der Waals surface area contributed by atoms with E-state index in [1.807, 2.05) is 0 Å². The van der Waals surface area contributed by atoms with Gasteiger partial charge >= 0.3 is 0 Å². The molecule has 0 aromatic heterocycles. The number of nitrogens with zero attached hydrogens (tertiary/aromatic N) is 2. The van der Waals surface area contributed by atoms with Crippen LogP contribution in [0.5, 0.6) is 0 Å². The molecule has 2 aliphatic carbocycles. The average Bonchev–Trinajstić information content (AvgIpc) is 3.43. The number of aliphatic hydroxyl groups is 1. The monoisotopic (exact) mass is 466 g/mol. The normalized spacial score (nSPS) is 39.8. The second-order valence-corrected chi connectivity index (χ2v) is 11.7. The number of rotatable bonds is 5. The SMILES string of the molecule is CC1CCC(F)C2CC(C(=O)N[C@@H]3CCC[C@H](N4CC[C@H](N(C)C(=O)C(C)(C)O)C4)C3)NC12. The minimum Gasteiger partial charge on any atom is -0.381 e. The lowest BCUT2D eigenvalue weighted by atomic mass is 9.77. The number of carbonyl (C=O) groups is 2. The fourth-order valence-electron chi connectivity index (χ4n) is 6.74. The minimum absolute atomic E-state index is 0.0317. The van der Waals surface area contributed by atoms with Crippen LogP contribution in [0.1, 0.15) is 72.1 Å². The molecule has 4 rings (SSSR count). The Labute approximate surface area is 197 Å². The second kappa shape index (κ2) is 9.78. The van der Waals surface area contributed by atoms with Gasteiger partial charge in [-0.15, -0.1) is 0 Å². The number of likely N-dealkylation sites (tertiary alicyclic amines) is 1. The van der Waals surface area contributed by atoms with E-state index in [9.17, 15) is 19.1 Å². The van der Waals surface area contributed by atoms with Crippen molar-refractivity contribution in [3.05, 3.63) is 0 Å². The third kappa shape index (κ3) is 5.38. The van der Waals surface area contributed by atoms with Crippen molar-refractivity contribution in [2.45, 2.75) is 114 Å². The third-order valence-corrected chi connectivity index (χ3v) is 8.75. The van der Waals surface area contributed by atoms with Gasteiger partial charge in [-0.25, -0.2) is 4.39 Å². The first-order valence-corrected chi connectivity index (χ1v) is 13.0. The van der Waals surface area contributed by atoms with Crippen molar-refractivity contribution in [2.75, 3.05) is 20.1 Å². The Morgan fingerprint density at radius 2 is 1.91 bits per heavy atom. The van der Waals surface area contributed by atoms with E-state index in [-0.39, 0.29) is 41.9 Å². The van der Waals surface area contributed by atoms with Crippen molar-refractivity contribution in [1.29, 1.82) is 0 Å². The lowest BCUT2D eigenvalue weighted by molar-refractivity contribution is -0.148. The van der Waals surface area contributed by atoms with E-state index in [4.69, 9.17) is 0 Å². The highest BCUT2D eigenvalue weighted by atomic mass is 19.1. The van der Waals surface area contributed by atoms with Gasteiger partial charge < -0.3 is 20.6 Å². The average molecular weight is 467 g/mol. The number of fused-ring (bicyclic) bond motifs is 1. The molecular weight excluding hydrogens is 423 g/mol. The van der Waals surface area contributed by atoms with E-state index in [1.165, 1.54) is 13.8 Å². The minimum atomic E-state index is -1.35. The van der Waals surface area contributed by atoms with Crippen LogP contribution in [0.3, 0.4) is 0 Å². The summed E-state index contributed by atoms with van der Waals surface area (Å²) in [5.74, 6) is 0.180. The molecule has 3 N–H and O–H groups in total. The molecule has 7 nitrogen and oxygen atoms in total. The molecular formula is C25H43FN4O3. The first-order valence-electron chi connectivity index (χ1n) is 13.0. The number of nitrogens with one attached hydrogen (secondary N) is 2. The molecule has 5 unspecified atom stereocenters. The summed E-state index contributed by atoms with van der Waals surface area (Å²) in [6.07, 6.45) is 6.31. The highest BCUT2D eigenvalue weighted by Gasteiger charge is 2.46. The van der Waals surface area contributed by atoms with E-state index >= 15 is 0 Å². The zero-order valence-electron chi connectivity index (χ0n) is 20.7. The Morgan fingerprint density at radius 3 is 2.61 bits per heavy atom. The van der Waals surface area contributed by atoms with E-state index in [0.717, 1.165) is 51.6 Å². The smallest absolute Gasteiger partial charge is 0.253 e. The van der Waals surface area contributed by atoms with Crippen LogP contribution in [-0.4, -0.2) is 88.8 Å². The summed E-state index contributed by atoms with van der Waals surface area (Å²) in [6.45, 7) is 6.99. The van der Waals surface area contributed by atoms with Crippen LogP contribution in [-0.2, 0) is 9.59 Å². The number of hydrogen-bond donors (Lipinski definition) is 3. The van der Waals surface area contributed by atoms with Gasteiger partial charge in [0.15, 0.2) is 0 Å². The summed E-state index contributed by atoms with van der Waals surface area (Å²) in [4.78, 5) is 29.6. The van der Waals surface area contributed by atoms with Crippen LogP contribution in [0.15, 0.2) is 0 Å². The summed E-state index contributed by atoms with van der Waals surface area (Å²) < 4.78 is 14.4. The lowest BCUT2D eigenvalue weighted by Crippen LogP contribution is -2.52. The molecule has 0 radical (unpaired) electrons. The molecule has 4 aliphatic rings. The van der Waals surface area contributed by atoms with Crippen LogP contribution < -0.4 is 10.6 Å². The van der Waals surface area contributed by atoms with E-state index in [0.29, 0.717) is 24.8 Å². The van der Waals surface area contributed by atoms with Crippen molar-refractivity contribution in [1.82, 2.24) is 20.4 Å². The molecule has 2 amide bonds. The highest BCUT2D eigenvalue weighted by Crippen LogP contribution is 2.38. The number of halogens is 1. The quantitative estimate of drug-likeness (QED) is 0.576. The van der Waals surface area contributed by atoms with Crippen molar-refractivity contribution in [3.8, 4) is 0 Å². The van der Waals surface area contributed by atoms with Crippen LogP contribution >= 0.6 is 0 Å². The van der Waals surface area contributed by atoms with Crippen LogP contribution in [0.2, 0.25) is 0 Å². The predicted molar refractivity (Wildman–Crippen MR) is 125 cm³/mol. The Balaban J connectivity index is 1.28. The number of alkyl halides is 1. The van der Waals surface area contributed by atoms with Gasteiger partial charge in [-0.1, -0.05) is 6.92 Å². The van der Waals surface area contributed by atoms with Crippen molar-refractivity contribution < 1.29 is 19.1 Å². The third-order valence-electron chi connectivity index (χ3n) is 8.75. The highest BCUT2D eigenvalue weighted by molar-refractivity contribution is 5.84. The number of likely N-dealkylation sites (N-methyl/N-ethyl adjacent to an activating group) is 1. The Morgan fingerprint density at radius 1 is 1.15 bits per heavy atom. The molecule has 0 spiro atoms. The predicted octanol–water partition coefficient (Wildman–Crippen LogP) is 1.83. The zero-order chi connectivity index (χ0) is 23.9. The Hall–Kier alpha value is -1.25. The van der Waals surface area contributed by atoms with Crippen LogP contribution in [0, 0.1) is 11.8 Å². The van der Waals surface area contributed by atoms with Gasteiger partial charge in [0.1, 0.15) is 11.8 Å². The van der Waals surface area contributed by atoms with Gasteiger partial charge in [-0.3, -0.25) is 14.5 Å². The van der Waals surface area contributed by atoms with Gasteiger partial charge in [-0.05, 0) is 71.1 Å². The van der Waals surface area contributed by atoms with Gasteiger partial charge in [0, 0.05) is 50.2 Å². The van der Waals surface area contributed by atoms with E-state index in [1.54, 1.807) is 11.9 Å². The molecule has 188 valence electrons. The van der Waals surface area contributed by atoms with Gasteiger partial charge in [0.2, 0.25) is 5.91 Å². The van der Waals surface area contributed by atoms with Crippen LogP contribution in [0.25, 0.3) is 0 Å². The first-order chi connectivity index (χ1) is 15.5. The molecule has 2 saturated carbocycles. The molecule has 2 heterocycles. The van der Waals surface area contributed by atoms with Gasteiger partial charge in [-0.2, -0.15) is 0 Å². The molecule has 0 aromatic carbocycles. The second-order valence-electron chi connectivity index (χ2n) is 11.7. The summed E-state index contributed by atoms with van der Waals surface area (Å²) in [7, 11) is 1.79. The Kier molecular flexibility index (Phi) is 7.37. The van der Waals surface area contributed by atoms with Crippen molar-refractivity contribution >= 4 is 11.8 Å². The molecule has 0 bridgehead atoms. The first kappa shape index (κ1) is 24.9. The van der Waals surface area contributed by atoms with E-state index < -0.39 is 11.8 Å². The maximum absolute atomic E-state index is 14.4. The standard InChI is InChI=1S/C25H43FN4O3/c1-15-8-9-20(26)19-13-21(28-22(15)19)23(31)27-16-6-5-7-17(12-16)30-11-10-18(14-30)29(4)24(32)25(2,3)33/h15-22,28,33H,5-14H2,1-4H3,(H,27,31)/t15?,16-,17+,18+,19?,20?,21?,22?/m1/s1. The maximum atomic E-state index is 14.4. The summed E-state index contributed by atoms with van der Waals surface area (Å²) in [5.41, 5.74) is -1.35. The zero-order valence-corrected chi connectivity index (χ0v) is 20.7. The number of carbonyl (C=O) groups excluding carboxylic acids is 2. The Bertz CT molecular complexity index is 711. The molecule has 4 fully saturated rings. The maximum Gasteiger partial charge on any atom is 0.253 e. The molecule has 8 heteroatoms.